The van der Waals surface area contributed by atoms with Gasteiger partial charge in [0.1, 0.15) is 11.1 Å². The van der Waals surface area contributed by atoms with Crippen LogP contribution in [0.4, 0.5) is 11.4 Å². The highest BCUT2D eigenvalue weighted by Crippen LogP contribution is 2.23. The molecule has 0 atom stereocenters. The number of hydrogen-bond donors (Lipinski definition) is 1. The van der Waals surface area contributed by atoms with Gasteiger partial charge >= 0.3 is 0 Å². The molecule has 0 aliphatic heterocycles. The number of primary amides is 1. The summed E-state index contributed by atoms with van der Waals surface area (Å²) in [7, 11) is 0. The number of amides is 1. The lowest BCUT2D eigenvalue weighted by Gasteiger charge is -2.21. The molecule has 0 saturated heterocycles. The first-order valence-electron chi connectivity index (χ1n) is 8.44. The second kappa shape index (κ2) is 7.74. The van der Waals surface area contributed by atoms with Gasteiger partial charge in [0.05, 0.1) is 5.69 Å². The summed E-state index contributed by atoms with van der Waals surface area (Å²) < 4.78 is 6.86. The topological polar surface area (TPSA) is 71.8 Å². The maximum absolute atomic E-state index is 11.9. The maximum Gasteiger partial charge on any atom is 0.254 e. The number of carbonyl (C=O) groups is 1. The zero-order chi connectivity index (χ0) is 18.7. The molecule has 0 bridgehead atoms. The minimum absolute atomic E-state index is 0.208. The summed E-state index contributed by atoms with van der Waals surface area (Å²) in [5, 5.41) is 0.808. The van der Waals surface area contributed by atoms with E-state index in [0.717, 1.165) is 28.6 Å². The molecule has 6 heteroatoms. The lowest BCUT2D eigenvalue weighted by atomic mass is 10.1. The Bertz CT molecular complexity index is 1020. The van der Waals surface area contributed by atoms with Gasteiger partial charge in [-0.05, 0) is 50.2 Å². The minimum atomic E-state index is -0.572. The standard InChI is InChI=1S/C20H20BrN3O2/c1-3-24(4-2)16-9-8-13-10-17(19(22)25)20(26-18(13)12-16)23-15-7-5-6-14(21)11-15/h5-12H,3-4H2,1-2H3,(H2,22,25). The molecule has 2 N–H and O–H groups in total. The third-order valence-corrected chi connectivity index (χ3v) is 4.66. The van der Waals surface area contributed by atoms with Crippen LogP contribution in [0.15, 0.2) is 62.4 Å². The average Bonchev–Trinajstić information content (AvgIpc) is 2.62. The van der Waals surface area contributed by atoms with Crippen molar-refractivity contribution in [3.63, 3.8) is 0 Å². The normalized spacial score (nSPS) is 11.7. The summed E-state index contributed by atoms with van der Waals surface area (Å²) in [6.07, 6.45) is 0. The molecule has 0 spiro atoms. The number of nitrogens with two attached hydrogens (primary N) is 1. The smallest absolute Gasteiger partial charge is 0.254 e. The van der Waals surface area contributed by atoms with Crippen LogP contribution in [0.5, 0.6) is 0 Å². The number of benzene rings is 2. The Morgan fingerprint density at radius 1 is 1.15 bits per heavy atom. The predicted molar refractivity (Wildman–Crippen MR) is 108 cm³/mol. The van der Waals surface area contributed by atoms with Crippen molar-refractivity contribution in [1.82, 2.24) is 0 Å². The first-order valence-corrected chi connectivity index (χ1v) is 9.24. The molecule has 5 nitrogen and oxygen atoms in total. The fraction of sp³-hybridized carbons (Fsp3) is 0.200. The molecule has 26 heavy (non-hydrogen) atoms. The molecule has 1 amide bonds. The second-order valence-corrected chi connectivity index (χ2v) is 6.73. The highest BCUT2D eigenvalue weighted by Gasteiger charge is 2.11. The molecule has 3 aromatic rings. The van der Waals surface area contributed by atoms with E-state index in [4.69, 9.17) is 10.2 Å². The van der Waals surface area contributed by atoms with E-state index in [0.29, 0.717) is 11.3 Å². The van der Waals surface area contributed by atoms with E-state index in [2.05, 4.69) is 39.7 Å². The summed E-state index contributed by atoms with van der Waals surface area (Å²) in [5.41, 5.74) is 8.39. The monoisotopic (exact) mass is 413 g/mol. The lowest BCUT2D eigenvalue weighted by molar-refractivity contribution is 0.0996. The molecule has 0 saturated carbocycles. The molecule has 0 radical (unpaired) electrons. The lowest BCUT2D eigenvalue weighted by Crippen LogP contribution is -2.22. The van der Waals surface area contributed by atoms with Crippen LogP contribution in [0.2, 0.25) is 0 Å². The largest absolute Gasteiger partial charge is 0.437 e. The van der Waals surface area contributed by atoms with Crippen LogP contribution in [-0.2, 0) is 0 Å². The SMILES string of the molecule is CCN(CC)c1ccc2cc(C(N)=O)c(=Nc3cccc(Br)c3)oc2c1. The van der Waals surface area contributed by atoms with Gasteiger partial charge in [0.2, 0.25) is 5.55 Å². The molecular weight excluding hydrogens is 394 g/mol. The van der Waals surface area contributed by atoms with E-state index in [-0.39, 0.29) is 11.1 Å². The predicted octanol–water partition coefficient (Wildman–Crippen LogP) is 4.37. The number of fused-ring (bicyclic) bond motifs is 1. The van der Waals surface area contributed by atoms with Crippen molar-refractivity contribution < 1.29 is 9.21 Å². The van der Waals surface area contributed by atoms with Crippen LogP contribution >= 0.6 is 15.9 Å². The van der Waals surface area contributed by atoms with Gasteiger partial charge in [-0.25, -0.2) is 4.99 Å². The van der Waals surface area contributed by atoms with Crippen molar-refractivity contribution in [2.75, 3.05) is 18.0 Å². The van der Waals surface area contributed by atoms with Gasteiger partial charge in [0.15, 0.2) is 0 Å². The summed E-state index contributed by atoms with van der Waals surface area (Å²) in [4.78, 5) is 18.6. The summed E-state index contributed by atoms with van der Waals surface area (Å²) in [6, 6.07) is 15.1. The van der Waals surface area contributed by atoms with Crippen LogP contribution < -0.4 is 16.2 Å². The third kappa shape index (κ3) is 3.80. The van der Waals surface area contributed by atoms with Gasteiger partial charge < -0.3 is 15.1 Å². The number of nitrogens with zero attached hydrogens (tertiary/aromatic N) is 2. The minimum Gasteiger partial charge on any atom is -0.437 e. The summed E-state index contributed by atoms with van der Waals surface area (Å²) in [5.74, 6) is -0.572. The number of rotatable bonds is 5. The van der Waals surface area contributed by atoms with Gasteiger partial charge in [-0.3, -0.25) is 4.79 Å². The first-order chi connectivity index (χ1) is 12.5. The van der Waals surface area contributed by atoms with E-state index in [1.807, 2.05) is 42.5 Å². The fourth-order valence-corrected chi connectivity index (χ4v) is 3.20. The van der Waals surface area contributed by atoms with E-state index in [1.54, 1.807) is 6.07 Å². The van der Waals surface area contributed by atoms with Crippen molar-refractivity contribution in [1.29, 1.82) is 0 Å². The number of halogens is 1. The Labute approximate surface area is 160 Å². The van der Waals surface area contributed by atoms with Crippen molar-refractivity contribution in [3.8, 4) is 0 Å². The van der Waals surface area contributed by atoms with E-state index in [1.165, 1.54) is 0 Å². The fourth-order valence-electron chi connectivity index (χ4n) is 2.81. The molecule has 3 rings (SSSR count). The third-order valence-electron chi connectivity index (χ3n) is 4.17. The Morgan fingerprint density at radius 2 is 1.92 bits per heavy atom. The highest BCUT2D eigenvalue weighted by atomic mass is 79.9. The van der Waals surface area contributed by atoms with Crippen LogP contribution in [0.25, 0.3) is 11.0 Å². The summed E-state index contributed by atoms with van der Waals surface area (Å²) >= 11 is 3.42. The van der Waals surface area contributed by atoms with Gasteiger partial charge in [-0.15, -0.1) is 0 Å². The Kier molecular flexibility index (Phi) is 5.42. The Hall–Kier alpha value is -2.60. The second-order valence-electron chi connectivity index (χ2n) is 5.82. The quantitative estimate of drug-likeness (QED) is 0.674. The van der Waals surface area contributed by atoms with Crippen LogP contribution in [0, 0.1) is 0 Å². The summed E-state index contributed by atoms with van der Waals surface area (Å²) in [6.45, 7) is 6.01. The van der Waals surface area contributed by atoms with Gasteiger partial charge in [0.25, 0.3) is 5.91 Å². The van der Waals surface area contributed by atoms with Crippen molar-refractivity contribution >= 4 is 44.2 Å². The Morgan fingerprint density at radius 3 is 2.58 bits per heavy atom. The zero-order valence-corrected chi connectivity index (χ0v) is 16.3. The molecule has 0 fully saturated rings. The van der Waals surface area contributed by atoms with Crippen molar-refractivity contribution in [2.24, 2.45) is 10.7 Å². The molecule has 0 aliphatic carbocycles. The maximum atomic E-state index is 11.9. The van der Waals surface area contributed by atoms with E-state index in [9.17, 15) is 4.79 Å². The molecular formula is C20H20BrN3O2. The van der Waals surface area contributed by atoms with Gasteiger partial charge in [-0.2, -0.15) is 0 Å². The van der Waals surface area contributed by atoms with Crippen LogP contribution in [0.3, 0.4) is 0 Å². The molecule has 1 heterocycles. The average molecular weight is 414 g/mol. The number of hydrogen-bond acceptors (Lipinski definition) is 4. The molecule has 0 unspecified atom stereocenters. The van der Waals surface area contributed by atoms with Crippen LogP contribution in [0.1, 0.15) is 24.2 Å². The van der Waals surface area contributed by atoms with Gasteiger partial charge in [0, 0.05) is 34.7 Å². The number of anilines is 1. The van der Waals surface area contributed by atoms with Gasteiger partial charge in [-0.1, -0.05) is 22.0 Å². The molecule has 0 aliphatic rings. The van der Waals surface area contributed by atoms with Crippen molar-refractivity contribution in [2.45, 2.75) is 13.8 Å². The number of carbonyl (C=O) groups excluding carboxylic acids is 1. The molecule has 134 valence electrons. The van der Waals surface area contributed by atoms with Crippen LogP contribution in [-0.4, -0.2) is 19.0 Å². The van der Waals surface area contributed by atoms with Crippen molar-refractivity contribution in [3.05, 3.63) is 64.1 Å². The first kappa shape index (κ1) is 18.2. The van der Waals surface area contributed by atoms with E-state index >= 15 is 0 Å². The van der Waals surface area contributed by atoms with E-state index < -0.39 is 5.91 Å². The highest BCUT2D eigenvalue weighted by molar-refractivity contribution is 9.10. The Balaban J connectivity index is 2.22. The zero-order valence-electron chi connectivity index (χ0n) is 14.7. The molecule has 2 aromatic carbocycles. The molecule has 1 aromatic heterocycles.